The van der Waals surface area contributed by atoms with Crippen LogP contribution >= 0.6 is 22.9 Å². The summed E-state index contributed by atoms with van der Waals surface area (Å²) in [7, 11) is 0. The summed E-state index contributed by atoms with van der Waals surface area (Å²) in [6, 6.07) is 23.0. The van der Waals surface area contributed by atoms with Gasteiger partial charge in [0.15, 0.2) is 6.61 Å². The second-order valence-corrected chi connectivity index (χ2v) is 7.74. The maximum Gasteiger partial charge on any atom is 0.262 e. The number of carbonyl (C=O) groups is 1. The molecule has 1 amide bonds. The standard InChI is InChI=1S/C22H17ClN2O2S/c23-17-5-1-3-7-19(17)27-14-21(26)24-16-11-9-15(10-12-16)13-22-25-18-6-2-4-8-20(18)28-22/h1-12H,13-14H2,(H,24,26). The molecule has 4 rings (SSSR count). The van der Waals surface area contributed by atoms with Crippen LogP contribution in [0.5, 0.6) is 5.75 Å². The normalized spacial score (nSPS) is 10.8. The number of hydrogen-bond donors (Lipinski definition) is 1. The predicted octanol–water partition coefficient (Wildman–Crippen LogP) is 5.56. The molecule has 6 heteroatoms. The summed E-state index contributed by atoms with van der Waals surface area (Å²) in [6.07, 6.45) is 0.767. The van der Waals surface area contributed by atoms with Crippen molar-refractivity contribution in [1.29, 1.82) is 0 Å². The second kappa shape index (κ2) is 8.42. The van der Waals surface area contributed by atoms with E-state index >= 15 is 0 Å². The van der Waals surface area contributed by atoms with Gasteiger partial charge in [0.1, 0.15) is 5.75 Å². The van der Waals surface area contributed by atoms with Crippen LogP contribution < -0.4 is 10.1 Å². The van der Waals surface area contributed by atoms with Crippen molar-refractivity contribution in [3.05, 3.63) is 88.4 Å². The summed E-state index contributed by atoms with van der Waals surface area (Å²) in [5, 5.41) is 4.38. The number of anilines is 1. The average molecular weight is 409 g/mol. The van der Waals surface area contributed by atoms with E-state index in [1.807, 2.05) is 54.6 Å². The van der Waals surface area contributed by atoms with Crippen LogP contribution in [0.15, 0.2) is 72.8 Å². The fourth-order valence-electron chi connectivity index (χ4n) is 2.78. The highest BCUT2D eigenvalue weighted by molar-refractivity contribution is 7.18. The minimum absolute atomic E-state index is 0.100. The molecular formula is C22H17ClN2O2S. The van der Waals surface area contributed by atoms with Gasteiger partial charge in [0, 0.05) is 12.1 Å². The topological polar surface area (TPSA) is 51.2 Å². The lowest BCUT2D eigenvalue weighted by Gasteiger charge is -2.09. The molecule has 1 N–H and O–H groups in total. The summed E-state index contributed by atoms with van der Waals surface area (Å²) >= 11 is 7.72. The number of nitrogens with zero attached hydrogens (tertiary/aromatic N) is 1. The Labute approximate surface area is 171 Å². The molecule has 0 unspecified atom stereocenters. The van der Waals surface area contributed by atoms with Gasteiger partial charge in [-0.25, -0.2) is 4.98 Å². The lowest BCUT2D eigenvalue weighted by molar-refractivity contribution is -0.118. The summed E-state index contributed by atoms with van der Waals surface area (Å²) in [5.74, 6) is 0.254. The van der Waals surface area contributed by atoms with E-state index in [-0.39, 0.29) is 12.5 Å². The number of aromatic nitrogens is 1. The molecule has 0 aliphatic carbocycles. The Morgan fingerprint density at radius 3 is 2.54 bits per heavy atom. The Hall–Kier alpha value is -2.89. The molecular weight excluding hydrogens is 392 g/mol. The molecule has 0 spiro atoms. The first-order valence-electron chi connectivity index (χ1n) is 8.78. The number of fused-ring (bicyclic) bond motifs is 1. The zero-order valence-corrected chi connectivity index (χ0v) is 16.5. The Morgan fingerprint density at radius 2 is 1.75 bits per heavy atom. The fourth-order valence-corrected chi connectivity index (χ4v) is 3.97. The minimum Gasteiger partial charge on any atom is -0.482 e. The van der Waals surface area contributed by atoms with E-state index in [0.717, 1.165) is 28.2 Å². The molecule has 28 heavy (non-hydrogen) atoms. The number of hydrogen-bond acceptors (Lipinski definition) is 4. The smallest absolute Gasteiger partial charge is 0.262 e. The number of ether oxygens (including phenoxy) is 1. The van der Waals surface area contributed by atoms with Crippen LogP contribution in [0.2, 0.25) is 5.02 Å². The molecule has 0 radical (unpaired) electrons. The van der Waals surface area contributed by atoms with Crippen molar-refractivity contribution in [2.45, 2.75) is 6.42 Å². The summed E-state index contributed by atoms with van der Waals surface area (Å²) in [6.45, 7) is -0.100. The van der Waals surface area contributed by atoms with E-state index in [1.54, 1.807) is 23.5 Å². The van der Waals surface area contributed by atoms with Crippen molar-refractivity contribution in [2.75, 3.05) is 11.9 Å². The third-order valence-electron chi connectivity index (χ3n) is 4.13. The van der Waals surface area contributed by atoms with Crippen molar-refractivity contribution >= 4 is 44.7 Å². The number of para-hydroxylation sites is 2. The largest absolute Gasteiger partial charge is 0.482 e. The van der Waals surface area contributed by atoms with E-state index in [1.165, 1.54) is 4.70 Å². The van der Waals surface area contributed by atoms with Crippen LogP contribution in [-0.4, -0.2) is 17.5 Å². The van der Waals surface area contributed by atoms with Gasteiger partial charge >= 0.3 is 0 Å². The zero-order valence-electron chi connectivity index (χ0n) is 14.9. The first-order chi connectivity index (χ1) is 13.7. The molecule has 140 valence electrons. The second-order valence-electron chi connectivity index (χ2n) is 6.22. The average Bonchev–Trinajstić information content (AvgIpc) is 3.11. The van der Waals surface area contributed by atoms with Gasteiger partial charge < -0.3 is 10.1 Å². The molecule has 1 aromatic heterocycles. The van der Waals surface area contributed by atoms with Crippen molar-refractivity contribution < 1.29 is 9.53 Å². The first kappa shape index (κ1) is 18.5. The fraction of sp³-hybridized carbons (Fsp3) is 0.0909. The summed E-state index contributed by atoms with van der Waals surface area (Å²) < 4.78 is 6.65. The van der Waals surface area contributed by atoms with Crippen LogP contribution in [0.4, 0.5) is 5.69 Å². The van der Waals surface area contributed by atoms with Crippen molar-refractivity contribution in [3.8, 4) is 5.75 Å². The van der Waals surface area contributed by atoms with Crippen LogP contribution in [-0.2, 0) is 11.2 Å². The van der Waals surface area contributed by atoms with Crippen LogP contribution in [0.3, 0.4) is 0 Å². The number of rotatable bonds is 6. The lowest BCUT2D eigenvalue weighted by atomic mass is 10.1. The number of benzene rings is 3. The van der Waals surface area contributed by atoms with Gasteiger partial charge in [0.05, 0.1) is 20.2 Å². The highest BCUT2D eigenvalue weighted by Crippen LogP contribution is 2.24. The third-order valence-corrected chi connectivity index (χ3v) is 5.48. The van der Waals surface area contributed by atoms with E-state index < -0.39 is 0 Å². The van der Waals surface area contributed by atoms with Gasteiger partial charge in [0.25, 0.3) is 5.91 Å². The molecule has 4 aromatic rings. The van der Waals surface area contributed by atoms with Crippen LogP contribution in [0.1, 0.15) is 10.6 Å². The number of thiazole rings is 1. The first-order valence-corrected chi connectivity index (χ1v) is 9.97. The van der Waals surface area contributed by atoms with Crippen LogP contribution in [0.25, 0.3) is 10.2 Å². The molecule has 0 atom stereocenters. The number of nitrogens with one attached hydrogen (secondary N) is 1. The van der Waals surface area contributed by atoms with Gasteiger partial charge in [-0.15, -0.1) is 11.3 Å². The van der Waals surface area contributed by atoms with Crippen molar-refractivity contribution in [1.82, 2.24) is 4.98 Å². The monoisotopic (exact) mass is 408 g/mol. The SMILES string of the molecule is O=C(COc1ccccc1Cl)Nc1ccc(Cc2nc3ccccc3s2)cc1. The summed E-state index contributed by atoms with van der Waals surface area (Å²) in [4.78, 5) is 16.7. The number of amides is 1. The van der Waals surface area contributed by atoms with E-state index in [2.05, 4.69) is 16.4 Å². The van der Waals surface area contributed by atoms with Gasteiger partial charge in [-0.2, -0.15) is 0 Å². The van der Waals surface area contributed by atoms with Crippen molar-refractivity contribution in [2.24, 2.45) is 0 Å². The van der Waals surface area contributed by atoms with E-state index in [4.69, 9.17) is 16.3 Å². The van der Waals surface area contributed by atoms with Crippen molar-refractivity contribution in [3.63, 3.8) is 0 Å². The summed E-state index contributed by atoms with van der Waals surface area (Å²) in [5.41, 5.74) is 2.90. The predicted molar refractivity (Wildman–Crippen MR) is 114 cm³/mol. The third kappa shape index (κ3) is 4.50. The van der Waals surface area contributed by atoms with Gasteiger partial charge in [-0.05, 0) is 42.0 Å². The Kier molecular flexibility index (Phi) is 5.55. The molecule has 0 aliphatic rings. The Bertz CT molecular complexity index is 1080. The van der Waals surface area contributed by atoms with Gasteiger partial charge in [0.2, 0.25) is 0 Å². The molecule has 1 heterocycles. The van der Waals surface area contributed by atoms with Gasteiger partial charge in [-0.1, -0.05) is 48.0 Å². The highest BCUT2D eigenvalue weighted by Gasteiger charge is 2.07. The molecule has 0 saturated heterocycles. The maximum absolute atomic E-state index is 12.1. The Morgan fingerprint density at radius 1 is 1.00 bits per heavy atom. The zero-order chi connectivity index (χ0) is 19.3. The maximum atomic E-state index is 12.1. The lowest BCUT2D eigenvalue weighted by Crippen LogP contribution is -2.20. The van der Waals surface area contributed by atoms with E-state index in [9.17, 15) is 4.79 Å². The minimum atomic E-state index is -0.237. The highest BCUT2D eigenvalue weighted by atomic mass is 35.5. The molecule has 0 fully saturated rings. The quantitative estimate of drug-likeness (QED) is 0.454. The van der Waals surface area contributed by atoms with Gasteiger partial charge in [-0.3, -0.25) is 4.79 Å². The molecule has 0 saturated carbocycles. The van der Waals surface area contributed by atoms with E-state index in [0.29, 0.717) is 10.8 Å². The number of halogens is 1. The molecule has 0 bridgehead atoms. The molecule has 4 nitrogen and oxygen atoms in total. The van der Waals surface area contributed by atoms with Crippen LogP contribution in [0, 0.1) is 0 Å². The molecule has 0 aliphatic heterocycles. The number of carbonyl (C=O) groups excluding carboxylic acids is 1. The molecule has 3 aromatic carbocycles. The Balaban J connectivity index is 1.33.